The number of nitrogens with zero attached hydrogens (tertiary/aromatic N) is 1. The Morgan fingerprint density at radius 3 is 2.86 bits per heavy atom. The zero-order valence-corrected chi connectivity index (χ0v) is 5.59. The highest BCUT2D eigenvalue weighted by Gasteiger charge is 2.16. The van der Waals surface area contributed by atoms with Gasteiger partial charge in [-0.15, -0.1) is 3.82 Å². The van der Waals surface area contributed by atoms with Crippen LogP contribution in [0.25, 0.3) is 0 Å². The summed E-state index contributed by atoms with van der Waals surface area (Å²) in [6.45, 7) is 2.02. The van der Waals surface area contributed by atoms with Crippen LogP contribution in [0.15, 0.2) is 0 Å². The first-order valence-electron chi connectivity index (χ1n) is 2.12. The Hall–Kier alpha value is 0.560. The van der Waals surface area contributed by atoms with E-state index in [9.17, 15) is 0 Å². The first kappa shape index (κ1) is 5.69. The molecule has 42 valence electrons. The maximum atomic E-state index is 5.60. The maximum Gasteiger partial charge on any atom is 0.0834 e. The number of nitrogens with one attached hydrogen (secondary N) is 1. The molecule has 0 radical (unpaired) electrons. The van der Waals surface area contributed by atoms with Crippen molar-refractivity contribution < 1.29 is 0 Å². The first-order valence-corrected chi connectivity index (χ1v) is 3.40. The van der Waals surface area contributed by atoms with E-state index < -0.39 is 0 Å². The number of hydrogen-bond donors (Lipinski definition) is 1. The lowest BCUT2D eigenvalue weighted by Gasteiger charge is -2.06. The van der Waals surface area contributed by atoms with Crippen LogP contribution in [0.2, 0.25) is 0 Å². The Balaban J connectivity index is 2.33. The van der Waals surface area contributed by atoms with Gasteiger partial charge in [0.2, 0.25) is 0 Å². The Bertz CT molecular complexity index is 62.0. The molecule has 1 atom stereocenters. The minimum atomic E-state index is 0.326. The SMILES string of the molecule is CC1NCSN1Cl. The smallest absolute Gasteiger partial charge is 0.0834 e. The molecule has 0 amide bonds. The third kappa shape index (κ3) is 1.22. The van der Waals surface area contributed by atoms with Gasteiger partial charge in [-0.25, -0.2) is 0 Å². The van der Waals surface area contributed by atoms with Crippen molar-refractivity contribution in [1.29, 1.82) is 0 Å². The van der Waals surface area contributed by atoms with Crippen LogP contribution in [0.4, 0.5) is 0 Å². The molecule has 1 fully saturated rings. The third-order valence-electron chi connectivity index (χ3n) is 0.871. The fourth-order valence-electron chi connectivity index (χ4n) is 0.403. The van der Waals surface area contributed by atoms with Gasteiger partial charge in [0.15, 0.2) is 0 Å². The van der Waals surface area contributed by atoms with E-state index in [1.165, 1.54) is 0 Å². The van der Waals surface area contributed by atoms with Crippen LogP contribution in [0, 0.1) is 0 Å². The molecule has 1 aliphatic heterocycles. The van der Waals surface area contributed by atoms with Crippen LogP contribution in [0.5, 0.6) is 0 Å². The van der Waals surface area contributed by atoms with Gasteiger partial charge in [-0.2, -0.15) is 0 Å². The second-order valence-electron chi connectivity index (χ2n) is 1.43. The fourth-order valence-corrected chi connectivity index (χ4v) is 1.36. The molecule has 2 nitrogen and oxygen atoms in total. The van der Waals surface area contributed by atoms with Gasteiger partial charge in [0, 0.05) is 0 Å². The van der Waals surface area contributed by atoms with Gasteiger partial charge >= 0.3 is 0 Å². The highest BCUT2D eigenvalue weighted by molar-refractivity contribution is 7.98. The molecule has 7 heavy (non-hydrogen) atoms. The normalized spacial score (nSPS) is 34.3. The molecule has 0 aliphatic carbocycles. The molecule has 0 bridgehead atoms. The van der Waals surface area contributed by atoms with Gasteiger partial charge in [0.25, 0.3) is 0 Å². The Morgan fingerprint density at radius 1 is 2.00 bits per heavy atom. The van der Waals surface area contributed by atoms with Gasteiger partial charge < -0.3 is 0 Å². The van der Waals surface area contributed by atoms with Gasteiger partial charge in [-0.05, 0) is 30.6 Å². The molecule has 0 aromatic rings. The lowest BCUT2D eigenvalue weighted by atomic mass is 10.6. The Kier molecular flexibility index (Phi) is 1.80. The lowest BCUT2D eigenvalue weighted by Crippen LogP contribution is -2.24. The summed E-state index contributed by atoms with van der Waals surface area (Å²) in [5.41, 5.74) is 0. The van der Waals surface area contributed by atoms with Crippen molar-refractivity contribution in [3.05, 3.63) is 0 Å². The minimum absolute atomic E-state index is 0.326. The second kappa shape index (κ2) is 2.22. The van der Waals surface area contributed by atoms with Crippen molar-refractivity contribution in [2.45, 2.75) is 13.1 Å². The molecule has 0 aromatic heterocycles. The topological polar surface area (TPSA) is 15.3 Å². The van der Waals surface area contributed by atoms with Crippen molar-refractivity contribution in [3.63, 3.8) is 0 Å². The van der Waals surface area contributed by atoms with Crippen molar-refractivity contribution in [3.8, 4) is 0 Å². The van der Waals surface area contributed by atoms with E-state index in [1.54, 1.807) is 15.8 Å². The van der Waals surface area contributed by atoms with Crippen LogP contribution in [0.3, 0.4) is 0 Å². The first-order chi connectivity index (χ1) is 3.30. The van der Waals surface area contributed by atoms with Gasteiger partial charge in [0.05, 0.1) is 12.0 Å². The zero-order valence-electron chi connectivity index (χ0n) is 4.02. The molecule has 0 spiro atoms. The van der Waals surface area contributed by atoms with Crippen LogP contribution in [-0.4, -0.2) is 15.9 Å². The van der Waals surface area contributed by atoms with Gasteiger partial charge in [-0.1, -0.05) is 0 Å². The average Bonchev–Trinajstić information content (AvgIpc) is 1.91. The van der Waals surface area contributed by atoms with E-state index in [0.717, 1.165) is 5.88 Å². The van der Waals surface area contributed by atoms with E-state index in [-0.39, 0.29) is 0 Å². The molecule has 1 heterocycles. The summed E-state index contributed by atoms with van der Waals surface area (Å²) in [5.74, 6) is 0.935. The number of rotatable bonds is 0. The van der Waals surface area contributed by atoms with Crippen LogP contribution >= 0.6 is 23.7 Å². The van der Waals surface area contributed by atoms with E-state index >= 15 is 0 Å². The number of halogens is 1. The summed E-state index contributed by atoms with van der Waals surface area (Å²) in [7, 11) is 0. The molecule has 1 aliphatic rings. The molecule has 1 saturated heterocycles. The van der Waals surface area contributed by atoms with Crippen LogP contribution in [0.1, 0.15) is 6.92 Å². The summed E-state index contributed by atoms with van der Waals surface area (Å²) in [6.07, 6.45) is 0.326. The molecule has 1 unspecified atom stereocenters. The zero-order chi connectivity index (χ0) is 5.28. The Labute approximate surface area is 52.4 Å². The molecular formula is C3H7ClN2S. The van der Waals surface area contributed by atoms with Crippen LogP contribution in [-0.2, 0) is 0 Å². The van der Waals surface area contributed by atoms with Crippen molar-refractivity contribution in [2.75, 3.05) is 5.88 Å². The average molecular weight is 139 g/mol. The minimum Gasteiger partial charge on any atom is -0.290 e. The lowest BCUT2D eigenvalue weighted by molar-refractivity contribution is 0.503. The van der Waals surface area contributed by atoms with Gasteiger partial charge in [-0.3, -0.25) is 5.32 Å². The predicted molar refractivity (Wildman–Crippen MR) is 32.7 cm³/mol. The van der Waals surface area contributed by atoms with E-state index in [4.69, 9.17) is 11.8 Å². The molecular weight excluding hydrogens is 132 g/mol. The van der Waals surface area contributed by atoms with Crippen molar-refractivity contribution >= 4 is 23.7 Å². The highest BCUT2D eigenvalue weighted by Crippen LogP contribution is 2.20. The molecule has 1 N–H and O–H groups in total. The maximum absolute atomic E-state index is 5.60. The summed E-state index contributed by atoms with van der Waals surface area (Å²) in [4.78, 5) is 0. The third-order valence-corrected chi connectivity index (χ3v) is 2.32. The molecule has 4 heteroatoms. The van der Waals surface area contributed by atoms with E-state index in [2.05, 4.69) is 5.32 Å². The standard InChI is InChI=1S/C3H7ClN2S/c1-3-5-2-7-6(3)4/h3,5H,2H2,1H3. The Morgan fingerprint density at radius 2 is 2.71 bits per heavy atom. The van der Waals surface area contributed by atoms with E-state index in [0.29, 0.717) is 6.17 Å². The number of hydrogen-bond acceptors (Lipinski definition) is 3. The summed E-state index contributed by atoms with van der Waals surface area (Å²) < 4.78 is 1.68. The molecule has 0 aromatic carbocycles. The highest BCUT2D eigenvalue weighted by atomic mass is 35.5. The monoisotopic (exact) mass is 138 g/mol. The predicted octanol–water partition coefficient (Wildman–Crippen LogP) is 0.997. The fraction of sp³-hybridized carbons (Fsp3) is 1.00. The summed E-state index contributed by atoms with van der Waals surface area (Å²) in [6, 6.07) is 0. The van der Waals surface area contributed by atoms with Crippen molar-refractivity contribution in [1.82, 2.24) is 9.14 Å². The van der Waals surface area contributed by atoms with Gasteiger partial charge in [0.1, 0.15) is 0 Å². The molecule has 1 rings (SSSR count). The van der Waals surface area contributed by atoms with Crippen LogP contribution < -0.4 is 5.32 Å². The summed E-state index contributed by atoms with van der Waals surface area (Å²) >= 11 is 7.19. The largest absolute Gasteiger partial charge is 0.290 e. The van der Waals surface area contributed by atoms with Crippen molar-refractivity contribution in [2.24, 2.45) is 0 Å². The quantitative estimate of drug-likeness (QED) is 0.397. The second-order valence-corrected chi connectivity index (χ2v) is 2.93. The van der Waals surface area contributed by atoms with E-state index in [1.807, 2.05) is 6.92 Å². The molecule has 0 saturated carbocycles. The summed E-state index contributed by atoms with van der Waals surface area (Å²) in [5, 5.41) is 3.13.